The van der Waals surface area contributed by atoms with Gasteiger partial charge in [0.15, 0.2) is 0 Å². The number of rotatable bonds is 2. The zero-order chi connectivity index (χ0) is 14.3. The number of aromatic nitrogens is 2. The van der Waals surface area contributed by atoms with Gasteiger partial charge in [0.25, 0.3) is 0 Å². The van der Waals surface area contributed by atoms with Gasteiger partial charge in [-0.2, -0.15) is 0 Å². The van der Waals surface area contributed by atoms with E-state index < -0.39 is 0 Å². The van der Waals surface area contributed by atoms with Crippen molar-refractivity contribution < 1.29 is 4.39 Å². The SMILES string of the molecule is Cc1nc2c(N)cc(Br)cc2n1Cc1ccc(F)cc1. The molecule has 0 fully saturated rings. The number of nitrogens with two attached hydrogens (primary N) is 1. The zero-order valence-electron chi connectivity index (χ0n) is 10.9. The van der Waals surface area contributed by atoms with Gasteiger partial charge in [0.1, 0.15) is 17.2 Å². The average molecular weight is 334 g/mol. The molecule has 0 saturated heterocycles. The quantitative estimate of drug-likeness (QED) is 0.723. The van der Waals surface area contributed by atoms with Crippen LogP contribution in [0, 0.1) is 12.7 Å². The Balaban J connectivity index is 2.11. The summed E-state index contributed by atoms with van der Waals surface area (Å²) < 4.78 is 16.0. The first kappa shape index (κ1) is 13.1. The van der Waals surface area contributed by atoms with E-state index in [0.717, 1.165) is 26.9 Å². The average Bonchev–Trinajstić information content (AvgIpc) is 2.70. The van der Waals surface area contributed by atoms with Gasteiger partial charge in [-0.1, -0.05) is 28.1 Å². The molecular formula is C15H13BrFN3. The fourth-order valence-electron chi connectivity index (χ4n) is 2.30. The van der Waals surface area contributed by atoms with Crippen molar-refractivity contribution in [3.63, 3.8) is 0 Å². The van der Waals surface area contributed by atoms with E-state index in [1.165, 1.54) is 12.1 Å². The van der Waals surface area contributed by atoms with E-state index in [1.54, 1.807) is 12.1 Å². The van der Waals surface area contributed by atoms with Gasteiger partial charge in [-0.25, -0.2) is 9.37 Å². The Kier molecular flexibility index (Phi) is 3.22. The van der Waals surface area contributed by atoms with Crippen LogP contribution < -0.4 is 5.73 Å². The number of imidazole rings is 1. The summed E-state index contributed by atoms with van der Waals surface area (Å²) in [7, 11) is 0. The van der Waals surface area contributed by atoms with Crippen LogP contribution >= 0.6 is 15.9 Å². The van der Waals surface area contributed by atoms with Gasteiger partial charge >= 0.3 is 0 Å². The van der Waals surface area contributed by atoms with Crippen LogP contribution in [-0.2, 0) is 6.54 Å². The van der Waals surface area contributed by atoms with Crippen LogP contribution in [0.5, 0.6) is 0 Å². The zero-order valence-corrected chi connectivity index (χ0v) is 12.5. The van der Waals surface area contributed by atoms with Gasteiger partial charge in [0.2, 0.25) is 0 Å². The van der Waals surface area contributed by atoms with Crippen molar-refractivity contribution in [1.82, 2.24) is 9.55 Å². The summed E-state index contributed by atoms with van der Waals surface area (Å²) in [6, 6.07) is 10.3. The van der Waals surface area contributed by atoms with Gasteiger partial charge in [-0.3, -0.25) is 0 Å². The second kappa shape index (κ2) is 4.90. The van der Waals surface area contributed by atoms with Crippen LogP contribution in [0.4, 0.5) is 10.1 Å². The standard InChI is InChI=1S/C15H13BrFN3/c1-9-19-15-13(18)6-11(16)7-14(15)20(9)8-10-2-4-12(17)5-3-10/h2-7H,8,18H2,1H3. The molecule has 0 aliphatic rings. The van der Waals surface area contributed by atoms with Crippen molar-refractivity contribution in [2.75, 3.05) is 5.73 Å². The third kappa shape index (κ3) is 2.29. The highest BCUT2D eigenvalue weighted by Gasteiger charge is 2.11. The second-order valence-electron chi connectivity index (χ2n) is 4.73. The molecule has 2 N–H and O–H groups in total. The van der Waals surface area contributed by atoms with Gasteiger partial charge in [0.05, 0.1) is 11.2 Å². The van der Waals surface area contributed by atoms with Crippen LogP contribution in [0.25, 0.3) is 11.0 Å². The number of fused-ring (bicyclic) bond motifs is 1. The lowest BCUT2D eigenvalue weighted by molar-refractivity contribution is 0.626. The second-order valence-corrected chi connectivity index (χ2v) is 5.65. The number of nitrogens with zero attached hydrogens (tertiary/aromatic N) is 2. The highest BCUT2D eigenvalue weighted by molar-refractivity contribution is 9.10. The molecule has 102 valence electrons. The van der Waals surface area contributed by atoms with Gasteiger partial charge in [-0.15, -0.1) is 0 Å². The predicted molar refractivity (Wildman–Crippen MR) is 82.1 cm³/mol. The van der Waals surface area contributed by atoms with E-state index in [2.05, 4.69) is 25.5 Å². The Morgan fingerprint density at radius 2 is 1.95 bits per heavy atom. The smallest absolute Gasteiger partial charge is 0.123 e. The lowest BCUT2D eigenvalue weighted by Gasteiger charge is -2.07. The maximum absolute atomic E-state index is 13.0. The monoisotopic (exact) mass is 333 g/mol. The highest BCUT2D eigenvalue weighted by atomic mass is 79.9. The normalized spacial score (nSPS) is 11.2. The fraction of sp³-hybridized carbons (Fsp3) is 0.133. The molecule has 2 aromatic carbocycles. The van der Waals surface area contributed by atoms with Crippen molar-refractivity contribution in [3.8, 4) is 0 Å². The van der Waals surface area contributed by atoms with Gasteiger partial charge in [0, 0.05) is 11.0 Å². The van der Waals surface area contributed by atoms with E-state index >= 15 is 0 Å². The first-order valence-corrected chi connectivity index (χ1v) is 7.00. The van der Waals surface area contributed by atoms with Crippen LogP contribution in [0.1, 0.15) is 11.4 Å². The topological polar surface area (TPSA) is 43.8 Å². The molecule has 5 heteroatoms. The van der Waals surface area contributed by atoms with Crippen molar-refractivity contribution >= 4 is 32.7 Å². The van der Waals surface area contributed by atoms with Crippen LogP contribution in [-0.4, -0.2) is 9.55 Å². The summed E-state index contributed by atoms with van der Waals surface area (Å²) in [5, 5.41) is 0. The summed E-state index contributed by atoms with van der Waals surface area (Å²) in [6.07, 6.45) is 0. The molecule has 0 saturated carbocycles. The van der Waals surface area contributed by atoms with Crippen molar-refractivity contribution in [3.05, 3.63) is 58.1 Å². The van der Waals surface area contributed by atoms with Crippen molar-refractivity contribution in [2.45, 2.75) is 13.5 Å². The lowest BCUT2D eigenvalue weighted by atomic mass is 10.2. The molecule has 0 aliphatic heterocycles. The van der Waals surface area contributed by atoms with Gasteiger partial charge < -0.3 is 10.3 Å². The van der Waals surface area contributed by atoms with E-state index in [4.69, 9.17) is 5.73 Å². The number of nitrogen functional groups attached to an aromatic ring is 1. The first-order chi connectivity index (χ1) is 9.54. The number of halogens is 2. The summed E-state index contributed by atoms with van der Waals surface area (Å²) in [5.74, 6) is 0.655. The summed E-state index contributed by atoms with van der Waals surface area (Å²) in [4.78, 5) is 4.51. The van der Waals surface area contributed by atoms with Crippen LogP contribution in [0.15, 0.2) is 40.9 Å². The van der Waals surface area contributed by atoms with Crippen molar-refractivity contribution in [2.24, 2.45) is 0 Å². The molecular weight excluding hydrogens is 321 g/mol. The molecule has 0 spiro atoms. The molecule has 0 unspecified atom stereocenters. The predicted octanol–water partition coefficient (Wildman–Crippen LogP) is 3.88. The molecule has 0 bridgehead atoms. The third-order valence-corrected chi connectivity index (χ3v) is 3.75. The van der Waals surface area contributed by atoms with E-state index in [-0.39, 0.29) is 5.82 Å². The fourth-order valence-corrected chi connectivity index (χ4v) is 2.76. The number of aryl methyl sites for hydroxylation is 1. The highest BCUT2D eigenvalue weighted by Crippen LogP contribution is 2.27. The molecule has 0 radical (unpaired) electrons. The number of benzene rings is 2. The van der Waals surface area contributed by atoms with Gasteiger partial charge in [-0.05, 0) is 36.8 Å². The number of hydrogen-bond donors (Lipinski definition) is 1. The summed E-state index contributed by atoms with van der Waals surface area (Å²) in [6.45, 7) is 2.58. The Bertz CT molecular complexity index is 778. The molecule has 3 aromatic rings. The van der Waals surface area contributed by atoms with E-state index in [0.29, 0.717) is 12.2 Å². The molecule has 20 heavy (non-hydrogen) atoms. The van der Waals surface area contributed by atoms with E-state index in [9.17, 15) is 4.39 Å². The molecule has 3 nitrogen and oxygen atoms in total. The minimum Gasteiger partial charge on any atom is -0.397 e. The first-order valence-electron chi connectivity index (χ1n) is 6.21. The van der Waals surface area contributed by atoms with E-state index in [1.807, 2.05) is 19.1 Å². The minimum absolute atomic E-state index is 0.229. The Morgan fingerprint density at radius 1 is 1.25 bits per heavy atom. The summed E-state index contributed by atoms with van der Waals surface area (Å²) in [5.41, 5.74) is 9.44. The van der Waals surface area contributed by atoms with Crippen molar-refractivity contribution in [1.29, 1.82) is 0 Å². The summed E-state index contributed by atoms with van der Waals surface area (Å²) >= 11 is 3.45. The molecule has 0 atom stereocenters. The lowest BCUT2D eigenvalue weighted by Crippen LogP contribution is -2.02. The molecule has 1 aromatic heterocycles. The maximum Gasteiger partial charge on any atom is 0.123 e. The maximum atomic E-state index is 13.0. The number of hydrogen-bond acceptors (Lipinski definition) is 2. The third-order valence-electron chi connectivity index (χ3n) is 3.29. The van der Waals surface area contributed by atoms with Crippen LogP contribution in [0.2, 0.25) is 0 Å². The number of anilines is 1. The molecule has 3 rings (SSSR count). The molecule has 1 heterocycles. The largest absolute Gasteiger partial charge is 0.397 e. The molecule has 0 amide bonds. The minimum atomic E-state index is -0.229. The Morgan fingerprint density at radius 3 is 2.65 bits per heavy atom. The Labute approximate surface area is 124 Å². The Hall–Kier alpha value is -1.88. The molecule has 0 aliphatic carbocycles. The van der Waals surface area contributed by atoms with Crippen LogP contribution in [0.3, 0.4) is 0 Å².